The highest BCUT2D eigenvalue weighted by molar-refractivity contribution is 6.30. The van der Waals surface area contributed by atoms with E-state index in [2.05, 4.69) is 0 Å². The van der Waals surface area contributed by atoms with Crippen molar-refractivity contribution in [2.75, 3.05) is 6.61 Å². The van der Waals surface area contributed by atoms with Gasteiger partial charge in [0.2, 0.25) is 0 Å². The Morgan fingerprint density at radius 3 is 2.43 bits per heavy atom. The summed E-state index contributed by atoms with van der Waals surface area (Å²) in [6.45, 7) is 1.51. The van der Waals surface area contributed by atoms with Crippen LogP contribution in [0.25, 0.3) is 0 Å². The third-order valence-electron chi connectivity index (χ3n) is 3.20. The zero-order valence-electron chi connectivity index (χ0n) is 11.5. The molecule has 21 heavy (non-hydrogen) atoms. The number of aliphatic hydroxyl groups excluding tert-OH is 1. The Morgan fingerprint density at radius 2 is 1.86 bits per heavy atom. The van der Waals surface area contributed by atoms with Gasteiger partial charge in [-0.2, -0.15) is 0 Å². The monoisotopic (exact) mass is 310 g/mol. The second kappa shape index (κ2) is 6.43. The van der Waals surface area contributed by atoms with E-state index < -0.39 is 11.4 Å². The van der Waals surface area contributed by atoms with Crippen molar-refractivity contribution in [2.45, 2.75) is 18.9 Å². The summed E-state index contributed by atoms with van der Waals surface area (Å²) < 4.78 is 19.1. The van der Waals surface area contributed by atoms with E-state index in [-0.39, 0.29) is 18.8 Å². The minimum Gasteiger partial charge on any atom is -0.454 e. The molecule has 0 aliphatic heterocycles. The first-order chi connectivity index (χ1) is 9.92. The lowest BCUT2D eigenvalue weighted by molar-refractivity contribution is 0.0299. The summed E-state index contributed by atoms with van der Waals surface area (Å²) in [5.74, 6) is -0.0205. The fourth-order valence-electron chi connectivity index (χ4n) is 1.93. The predicted molar refractivity (Wildman–Crippen MR) is 79.2 cm³/mol. The minimum absolute atomic E-state index is 0.0780. The molecule has 1 unspecified atom stereocenters. The highest BCUT2D eigenvalue weighted by Crippen LogP contribution is 2.29. The average molecular weight is 311 g/mol. The van der Waals surface area contributed by atoms with Gasteiger partial charge in [-0.05, 0) is 42.8 Å². The number of rotatable bonds is 5. The van der Waals surface area contributed by atoms with Crippen LogP contribution >= 0.6 is 11.6 Å². The van der Waals surface area contributed by atoms with Gasteiger partial charge >= 0.3 is 0 Å². The third-order valence-corrected chi connectivity index (χ3v) is 3.43. The first-order valence-electron chi connectivity index (χ1n) is 6.49. The molecule has 0 saturated carbocycles. The molecule has 0 aliphatic carbocycles. The van der Waals surface area contributed by atoms with Gasteiger partial charge < -0.3 is 14.9 Å². The number of benzene rings is 2. The van der Waals surface area contributed by atoms with Crippen LogP contribution in [0.5, 0.6) is 11.5 Å². The van der Waals surface area contributed by atoms with E-state index in [4.69, 9.17) is 21.4 Å². The fraction of sp³-hybridized carbons (Fsp3) is 0.250. The van der Waals surface area contributed by atoms with Crippen molar-refractivity contribution in [3.05, 3.63) is 58.9 Å². The van der Waals surface area contributed by atoms with E-state index in [1.54, 1.807) is 37.3 Å². The lowest BCUT2D eigenvalue weighted by Gasteiger charge is -2.22. The maximum absolute atomic E-state index is 13.6. The largest absolute Gasteiger partial charge is 0.454 e. The number of ether oxygens (including phenoxy) is 1. The smallest absolute Gasteiger partial charge is 0.167 e. The van der Waals surface area contributed by atoms with Gasteiger partial charge in [0, 0.05) is 18.1 Å². The molecule has 2 aromatic rings. The van der Waals surface area contributed by atoms with Crippen LogP contribution < -0.4 is 4.74 Å². The molecule has 2 aromatic carbocycles. The predicted octanol–water partition coefficient (Wildman–Crippen LogP) is 3.86. The van der Waals surface area contributed by atoms with E-state index in [9.17, 15) is 9.50 Å². The van der Waals surface area contributed by atoms with Crippen LogP contribution in [0.1, 0.15) is 18.9 Å². The van der Waals surface area contributed by atoms with Gasteiger partial charge in [-0.15, -0.1) is 0 Å². The molecule has 0 spiro atoms. The van der Waals surface area contributed by atoms with Crippen LogP contribution in [-0.2, 0) is 5.60 Å². The van der Waals surface area contributed by atoms with Crippen LogP contribution in [0, 0.1) is 5.82 Å². The zero-order chi connectivity index (χ0) is 15.5. The van der Waals surface area contributed by atoms with Crippen molar-refractivity contribution in [1.29, 1.82) is 0 Å². The number of halogens is 2. The summed E-state index contributed by atoms with van der Waals surface area (Å²) in [7, 11) is 0. The standard InChI is InChI=1S/C16H16ClFO3/c1-16(20,8-9-19)11-2-5-13(6-3-11)21-15-7-4-12(17)10-14(15)18/h2-7,10,19-20H,8-9H2,1H3. The van der Waals surface area contributed by atoms with Crippen molar-refractivity contribution in [2.24, 2.45) is 0 Å². The van der Waals surface area contributed by atoms with Crippen molar-refractivity contribution in [3.8, 4) is 11.5 Å². The van der Waals surface area contributed by atoms with Gasteiger partial charge in [0.05, 0.1) is 5.60 Å². The van der Waals surface area contributed by atoms with Crippen LogP contribution in [0.15, 0.2) is 42.5 Å². The first kappa shape index (κ1) is 15.8. The highest BCUT2D eigenvalue weighted by Gasteiger charge is 2.22. The topological polar surface area (TPSA) is 49.7 Å². The maximum Gasteiger partial charge on any atom is 0.167 e. The molecular weight excluding hydrogens is 295 g/mol. The third kappa shape index (κ3) is 3.94. The zero-order valence-corrected chi connectivity index (χ0v) is 12.3. The molecule has 112 valence electrons. The first-order valence-corrected chi connectivity index (χ1v) is 6.87. The Kier molecular flexibility index (Phi) is 4.83. The molecule has 0 aliphatic rings. The van der Waals surface area contributed by atoms with Crippen LogP contribution in [0.2, 0.25) is 5.02 Å². The normalized spacial score (nSPS) is 13.8. The highest BCUT2D eigenvalue weighted by atomic mass is 35.5. The lowest BCUT2D eigenvalue weighted by Crippen LogP contribution is -2.22. The van der Waals surface area contributed by atoms with Gasteiger partial charge in [-0.3, -0.25) is 0 Å². The maximum atomic E-state index is 13.6. The van der Waals surface area contributed by atoms with E-state index in [1.807, 2.05) is 0 Å². The van der Waals surface area contributed by atoms with E-state index in [1.165, 1.54) is 12.1 Å². The summed E-state index contributed by atoms with van der Waals surface area (Å²) in [4.78, 5) is 0. The molecule has 3 nitrogen and oxygen atoms in total. The summed E-state index contributed by atoms with van der Waals surface area (Å²) in [6, 6.07) is 10.8. The van der Waals surface area contributed by atoms with Crippen molar-refractivity contribution in [1.82, 2.24) is 0 Å². The Balaban J connectivity index is 2.16. The summed E-state index contributed by atoms with van der Waals surface area (Å²) >= 11 is 5.68. The number of aliphatic hydroxyl groups is 2. The average Bonchev–Trinajstić information content (AvgIpc) is 2.42. The van der Waals surface area contributed by atoms with E-state index in [0.717, 1.165) is 0 Å². The molecule has 0 fully saturated rings. The Labute approximate surface area is 127 Å². The second-order valence-electron chi connectivity index (χ2n) is 4.95. The quantitative estimate of drug-likeness (QED) is 0.881. The van der Waals surface area contributed by atoms with Crippen LogP contribution in [-0.4, -0.2) is 16.8 Å². The molecule has 1 atom stereocenters. The molecule has 2 rings (SSSR count). The minimum atomic E-state index is -1.11. The lowest BCUT2D eigenvalue weighted by atomic mass is 9.93. The Morgan fingerprint density at radius 1 is 1.19 bits per heavy atom. The van der Waals surface area contributed by atoms with Crippen molar-refractivity contribution in [3.63, 3.8) is 0 Å². The SMILES string of the molecule is CC(O)(CCO)c1ccc(Oc2ccc(Cl)cc2F)cc1. The molecule has 5 heteroatoms. The Bertz CT molecular complexity index is 611. The molecule has 0 radical (unpaired) electrons. The number of hydrogen-bond donors (Lipinski definition) is 2. The van der Waals surface area contributed by atoms with E-state index in [0.29, 0.717) is 16.3 Å². The molecule has 2 N–H and O–H groups in total. The van der Waals surface area contributed by atoms with Crippen molar-refractivity contribution < 1.29 is 19.3 Å². The van der Waals surface area contributed by atoms with Crippen molar-refractivity contribution >= 4 is 11.6 Å². The Hall–Kier alpha value is -1.62. The van der Waals surface area contributed by atoms with Crippen LogP contribution in [0.3, 0.4) is 0 Å². The fourth-order valence-corrected chi connectivity index (χ4v) is 2.09. The van der Waals surface area contributed by atoms with E-state index >= 15 is 0 Å². The van der Waals surface area contributed by atoms with Gasteiger partial charge in [0.1, 0.15) is 5.75 Å². The summed E-state index contributed by atoms with van der Waals surface area (Å²) in [6.07, 6.45) is 0.235. The molecule has 0 aromatic heterocycles. The van der Waals surface area contributed by atoms with Gasteiger partial charge in [-0.1, -0.05) is 23.7 Å². The van der Waals surface area contributed by atoms with Gasteiger partial charge in [0.15, 0.2) is 11.6 Å². The van der Waals surface area contributed by atoms with Gasteiger partial charge in [0.25, 0.3) is 0 Å². The molecule has 0 heterocycles. The summed E-state index contributed by atoms with van der Waals surface area (Å²) in [5.41, 5.74) is -0.459. The molecule has 0 bridgehead atoms. The molecule has 0 saturated heterocycles. The second-order valence-corrected chi connectivity index (χ2v) is 5.39. The molecule has 0 amide bonds. The summed E-state index contributed by atoms with van der Waals surface area (Å²) in [5, 5.41) is 19.4. The molecular formula is C16H16ClFO3. The van der Waals surface area contributed by atoms with Crippen LogP contribution in [0.4, 0.5) is 4.39 Å². The van der Waals surface area contributed by atoms with Gasteiger partial charge in [-0.25, -0.2) is 4.39 Å². The number of hydrogen-bond acceptors (Lipinski definition) is 3.